The second-order valence-electron chi connectivity index (χ2n) is 6.06. The van der Waals surface area contributed by atoms with Crippen molar-refractivity contribution in [3.8, 4) is 5.69 Å². The van der Waals surface area contributed by atoms with Crippen LogP contribution in [0.15, 0.2) is 35.6 Å². The Bertz CT molecular complexity index is 940. The van der Waals surface area contributed by atoms with E-state index in [1.807, 2.05) is 17.0 Å². The predicted molar refractivity (Wildman–Crippen MR) is 101 cm³/mol. The molecule has 3 aromatic rings. The number of benzene rings is 1. The fourth-order valence-electron chi connectivity index (χ4n) is 2.98. The number of nitrogens with zero attached hydrogens (tertiary/aromatic N) is 6. The molecule has 4 rings (SSSR count). The summed E-state index contributed by atoms with van der Waals surface area (Å²) in [5, 5.41) is 9.67. The zero-order valence-corrected chi connectivity index (χ0v) is 15.6. The summed E-state index contributed by atoms with van der Waals surface area (Å²) in [5.74, 6) is 0.486. The maximum atomic E-state index is 12.4. The summed E-state index contributed by atoms with van der Waals surface area (Å²) < 4.78 is 1.62. The highest BCUT2D eigenvalue weighted by atomic mass is 35.5. The van der Waals surface area contributed by atoms with Crippen LogP contribution in [-0.2, 0) is 4.79 Å². The number of carbonyl (C=O) groups excluding carboxylic acids is 1. The molecule has 0 bridgehead atoms. The number of aromatic nitrogens is 5. The molecule has 7 nitrogen and oxygen atoms in total. The molecule has 0 spiro atoms. The molecule has 0 atom stereocenters. The Labute approximate surface area is 159 Å². The summed E-state index contributed by atoms with van der Waals surface area (Å²) in [4.78, 5) is 22.9. The molecular formula is C17H17ClN6OS. The predicted octanol–water partition coefficient (Wildman–Crippen LogP) is 2.97. The van der Waals surface area contributed by atoms with E-state index in [0.717, 1.165) is 31.6 Å². The molecule has 1 aliphatic rings. The lowest BCUT2D eigenvalue weighted by atomic mass is 10.1. The third-order valence-corrected chi connectivity index (χ3v) is 5.50. The molecule has 3 heterocycles. The highest BCUT2D eigenvalue weighted by molar-refractivity contribution is 8.00. The Kier molecular flexibility index (Phi) is 5.03. The van der Waals surface area contributed by atoms with Crippen molar-refractivity contribution >= 4 is 40.4 Å². The lowest BCUT2D eigenvalue weighted by molar-refractivity contribution is -0.129. The van der Waals surface area contributed by atoms with Crippen molar-refractivity contribution in [2.45, 2.75) is 24.3 Å². The Morgan fingerprint density at radius 3 is 2.85 bits per heavy atom. The van der Waals surface area contributed by atoms with Crippen molar-refractivity contribution in [1.29, 1.82) is 0 Å². The van der Waals surface area contributed by atoms with Crippen LogP contribution in [-0.4, -0.2) is 54.6 Å². The molecule has 1 saturated heterocycles. The van der Waals surface area contributed by atoms with Gasteiger partial charge >= 0.3 is 0 Å². The summed E-state index contributed by atoms with van der Waals surface area (Å²) >= 11 is 7.44. The van der Waals surface area contributed by atoms with Crippen molar-refractivity contribution < 1.29 is 4.79 Å². The van der Waals surface area contributed by atoms with Crippen molar-refractivity contribution in [2.24, 2.45) is 0 Å². The van der Waals surface area contributed by atoms with Gasteiger partial charge in [-0.05, 0) is 37.5 Å². The van der Waals surface area contributed by atoms with Crippen molar-refractivity contribution in [2.75, 3.05) is 18.8 Å². The van der Waals surface area contributed by atoms with Crippen molar-refractivity contribution in [1.82, 2.24) is 29.9 Å². The Morgan fingerprint density at radius 1 is 1.19 bits per heavy atom. The van der Waals surface area contributed by atoms with Gasteiger partial charge in [-0.25, -0.2) is 9.97 Å². The van der Waals surface area contributed by atoms with Gasteiger partial charge in [0.2, 0.25) is 5.91 Å². The first kappa shape index (κ1) is 17.2. The Hall–Kier alpha value is -2.19. The number of carbonyl (C=O) groups is 1. The second-order valence-corrected chi connectivity index (χ2v) is 7.46. The summed E-state index contributed by atoms with van der Waals surface area (Å²) in [6, 6.07) is 7.32. The molecule has 0 radical (unpaired) electrons. The quantitative estimate of drug-likeness (QED) is 0.505. The number of hydrogen-bond acceptors (Lipinski definition) is 6. The molecule has 1 fully saturated rings. The smallest absolute Gasteiger partial charge is 0.232 e. The largest absolute Gasteiger partial charge is 0.342 e. The highest BCUT2D eigenvalue weighted by Crippen LogP contribution is 2.25. The van der Waals surface area contributed by atoms with E-state index in [2.05, 4.69) is 20.3 Å². The molecule has 1 amide bonds. The third-order valence-electron chi connectivity index (χ3n) is 4.30. The van der Waals surface area contributed by atoms with Gasteiger partial charge in [0.25, 0.3) is 0 Å². The lowest BCUT2D eigenvalue weighted by Gasteiger charge is -2.26. The minimum Gasteiger partial charge on any atom is -0.342 e. The van der Waals surface area contributed by atoms with E-state index in [0.29, 0.717) is 27.0 Å². The van der Waals surface area contributed by atoms with Crippen LogP contribution >= 0.6 is 23.4 Å². The molecule has 0 aliphatic carbocycles. The molecule has 26 heavy (non-hydrogen) atoms. The minimum absolute atomic E-state index is 0.142. The lowest BCUT2D eigenvalue weighted by Crippen LogP contribution is -2.36. The second kappa shape index (κ2) is 7.59. The fourth-order valence-corrected chi connectivity index (χ4v) is 4.00. The summed E-state index contributed by atoms with van der Waals surface area (Å²) in [7, 11) is 0. The van der Waals surface area contributed by atoms with Crippen LogP contribution in [0.4, 0.5) is 0 Å². The molecule has 134 valence electrons. The number of amides is 1. The zero-order valence-electron chi connectivity index (χ0n) is 14.0. The Morgan fingerprint density at radius 2 is 2.04 bits per heavy atom. The number of thioether (sulfide) groups is 1. The maximum absolute atomic E-state index is 12.4. The summed E-state index contributed by atoms with van der Waals surface area (Å²) in [6.07, 6.45) is 4.85. The van der Waals surface area contributed by atoms with Crippen LogP contribution in [0, 0.1) is 0 Å². The van der Waals surface area contributed by atoms with Gasteiger partial charge in [-0.1, -0.05) is 34.6 Å². The van der Waals surface area contributed by atoms with E-state index >= 15 is 0 Å². The number of fused-ring (bicyclic) bond motifs is 1. The standard InChI is InChI=1S/C17H17ClN6OS/c18-12-5-4-6-13(9-12)24-16-15(21-22-24)17(20-11-19-16)26-10-14(25)23-7-2-1-3-8-23/h4-6,9,11H,1-3,7-8,10H2. The first-order chi connectivity index (χ1) is 12.7. The molecule has 0 unspecified atom stereocenters. The summed E-state index contributed by atoms with van der Waals surface area (Å²) in [6.45, 7) is 1.70. The van der Waals surface area contributed by atoms with Crippen molar-refractivity contribution in [3.05, 3.63) is 35.6 Å². The van der Waals surface area contributed by atoms with E-state index in [1.54, 1.807) is 16.8 Å². The first-order valence-electron chi connectivity index (χ1n) is 8.45. The fraction of sp³-hybridized carbons (Fsp3) is 0.353. The van der Waals surface area contributed by atoms with Gasteiger partial charge in [0.1, 0.15) is 11.4 Å². The van der Waals surface area contributed by atoms with Crippen LogP contribution in [0.5, 0.6) is 0 Å². The maximum Gasteiger partial charge on any atom is 0.232 e. The van der Waals surface area contributed by atoms with Gasteiger partial charge in [-0.3, -0.25) is 4.79 Å². The normalized spacial score (nSPS) is 14.7. The molecule has 1 aliphatic heterocycles. The SMILES string of the molecule is O=C(CSc1ncnc2c1nnn2-c1cccc(Cl)c1)N1CCCCC1. The van der Waals surface area contributed by atoms with Crippen molar-refractivity contribution in [3.63, 3.8) is 0 Å². The van der Waals surface area contributed by atoms with Gasteiger partial charge in [-0.2, -0.15) is 4.68 Å². The van der Waals surface area contributed by atoms with Crippen LogP contribution in [0.25, 0.3) is 16.9 Å². The molecule has 0 N–H and O–H groups in total. The van der Waals surface area contributed by atoms with Gasteiger partial charge in [0, 0.05) is 18.1 Å². The number of hydrogen-bond donors (Lipinski definition) is 0. The van der Waals surface area contributed by atoms with E-state index < -0.39 is 0 Å². The third kappa shape index (κ3) is 3.52. The topological polar surface area (TPSA) is 76.8 Å². The van der Waals surface area contributed by atoms with Gasteiger partial charge < -0.3 is 4.90 Å². The highest BCUT2D eigenvalue weighted by Gasteiger charge is 2.19. The van der Waals surface area contributed by atoms with E-state index in [9.17, 15) is 4.79 Å². The van der Waals surface area contributed by atoms with Crippen LogP contribution in [0.1, 0.15) is 19.3 Å². The van der Waals surface area contributed by atoms with Crippen LogP contribution in [0.3, 0.4) is 0 Å². The number of piperidine rings is 1. The molecule has 1 aromatic carbocycles. The zero-order chi connectivity index (χ0) is 17.9. The Balaban J connectivity index is 1.56. The molecule has 2 aromatic heterocycles. The number of rotatable bonds is 4. The van der Waals surface area contributed by atoms with E-state index in [4.69, 9.17) is 11.6 Å². The van der Waals surface area contributed by atoms with Gasteiger partial charge in [0.15, 0.2) is 11.2 Å². The van der Waals surface area contributed by atoms with Crippen LogP contribution in [0.2, 0.25) is 5.02 Å². The average Bonchev–Trinajstić information content (AvgIpc) is 3.11. The minimum atomic E-state index is 0.142. The van der Waals surface area contributed by atoms with Gasteiger partial charge in [-0.15, -0.1) is 5.10 Å². The van der Waals surface area contributed by atoms with E-state index in [-0.39, 0.29) is 5.91 Å². The average molecular weight is 389 g/mol. The number of likely N-dealkylation sites (tertiary alicyclic amines) is 1. The molecule has 9 heteroatoms. The monoisotopic (exact) mass is 388 g/mol. The van der Waals surface area contributed by atoms with Crippen LogP contribution < -0.4 is 0 Å². The summed E-state index contributed by atoms with van der Waals surface area (Å²) in [5.41, 5.74) is 1.96. The number of halogens is 1. The van der Waals surface area contributed by atoms with Gasteiger partial charge in [0.05, 0.1) is 11.4 Å². The first-order valence-corrected chi connectivity index (χ1v) is 9.81. The van der Waals surface area contributed by atoms with E-state index in [1.165, 1.54) is 24.5 Å². The molecular weight excluding hydrogens is 372 g/mol. The molecule has 0 saturated carbocycles.